The third-order valence-electron chi connectivity index (χ3n) is 2.35. The van der Waals surface area contributed by atoms with Crippen LogP contribution in [0.25, 0.3) is 0 Å². The zero-order valence-corrected chi connectivity index (χ0v) is 9.93. The van der Waals surface area contributed by atoms with Gasteiger partial charge in [0.15, 0.2) is 0 Å². The monoisotopic (exact) mass is 233 g/mol. The zero-order chi connectivity index (χ0) is 12.3. The van der Waals surface area contributed by atoms with Crippen molar-refractivity contribution in [2.24, 2.45) is 0 Å². The van der Waals surface area contributed by atoms with Crippen LogP contribution >= 0.6 is 0 Å². The van der Waals surface area contributed by atoms with Crippen molar-refractivity contribution < 1.29 is 9.90 Å². The van der Waals surface area contributed by atoms with E-state index in [1.54, 1.807) is 6.20 Å². The number of carbonyl (C=O) groups excluding carboxylic acids is 1. The van der Waals surface area contributed by atoms with E-state index in [1.165, 1.54) is 0 Å². The second-order valence-electron chi connectivity index (χ2n) is 3.85. The van der Waals surface area contributed by atoms with Crippen LogP contribution in [0.2, 0.25) is 0 Å². The lowest BCUT2D eigenvalue weighted by Crippen LogP contribution is -2.19. The number of unbranched alkanes of at least 4 members (excludes halogenated alkanes) is 2. The fourth-order valence-electron chi connectivity index (χ4n) is 1.44. The van der Waals surface area contributed by atoms with Gasteiger partial charge in [-0.05, 0) is 31.0 Å². The lowest BCUT2D eigenvalue weighted by Gasteiger charge is -2.00. The Bertz CT molecular complexity index is 346. The number of aliphatic hydroxyl groups excluding tert-OH is 1. The van der Waals surface area contributed by atoms with Crippen LogP contribution in [0.3, 0.4) is 0 Å². The van der Waals surface area contributed by atoms with E-state index < -0.39 is 0 Å². The molecule has 1 aromatic rings. The minimum atomic E-state index is -0.00499. The molecule has 92 valence electrons. The minimum absolute atomic E-state index is 0.00499. The van der Waals surface area contributed by atoms with Gasteiger partial charge < -0.3 is 10.4 Å². The molecule has 1 aromatic carbocycles. The Labute approximate surface area is 102 Å². The van der Waals surface area contributed by atoms with Gasteiger partial charge in [0.05, 0.1) is 6.42 Å². The highest BCUT2D eigenvalue weighted by molar-refractivity contribution is 5.79. The molecule has 0 bridgehead atoms. The van der Waals surface area contributed by atoms with Gasteiger partial charge in [0, 0.05) is 6.61 Å². The molecule has 1 rings (SSSR count). The summed E-state index contributed by atoms with van der Waals surface area (Å²) in [6, 6.07) is 9.65. The van der Waals surface area contributed by atoms with Crippen LogP contribution in [0.4, 0.5) is 0 Å². The molecule has 0 aliphatic carbocycles. The van der Waals surface area contributed by atoms with Crippen molar-refractivity contribution in [1.82, 2.24) is 5.32 Å². The number of aliphatic hydroxyl groups is 1. The molecule has 0 unspecified atom stereocenters. The Morgan fingerprint density at radius 3 is 2.71 bits per heavy atom. The van der Waals surface area contributed by atoms with Gasteiger partial charge >= 0.3 is 0 Å². The van der Waals surface area contributed by atoms with Crippen LogP contribution in [-0.2, 0) is 11.2 Å². The Morgan fingerprint density at radius 2 is 2.00 bits per heavy atom. The number of amides is 1. The van der Waals surface area contributed by atoms with Crippen LogP contribution in [0.1, 0.15) is 24.8 Å². The first-order valence-corrected chi connectivity index (χ1v) is 5.92. The molecule has 0 fully saturated rings. The van der Waals surface area contributed by atoms with Crippen LogP contribution in [0.15, 0.2) is 42.6 Å². The standard InChI is InChI=1S/C14H19NO2/c16-11-7-2-1-6-10-15-14(17)12-13-8-4-3-5-9-13/h3-6,8-10,16H,1-2,7,11-12H2,(H,15,17)/b10-6+. The van der Waals surface area contributed by atoms with Gasteiger partial charge in [-0.3, -0.25) is 4.79 Å². The predicted molar refractivity (Wildman–Crippen MR) is 68.4 cm³/mol. The summed E-state index contributed by atoms with van der Waals surface area (Å²) in [5.74, 6) is -0.00499. The van der Waals surface area contributed by atoms with Gasteiger partial charge in [0.1, 0.15) is 0 Å². The second kappa shape index (κ2) is 8.53. The Morgan fingerprint density at radius 1 is 1.24 bits per heavy atom. The molecule has 2 N–H and O–H groups in total. The lowest BCUT2D eigenvalue weighted by molar-refractivity contribution is -0.119. The van der Waals surface area contributed by atoms with Crippen molar-refractivity contribution in [2.75, 3.05) is 6.61 Å². The first-order chi connectivity index (χ1) is 8.33. The molecular formula is C14H19NO2. The Balaban J connectivity index is 2.17. The van der Waals surface area contributed by atoms with Crippen LogP contribution in [0, 0.1) is 0 Å². The number of rotatable bonds is 7. The molecule has 0 saturated carbocycles. The van der Waals surface area contributed by atoms with Crippen LogP contribution in [-0.4, -0.2) is 17.6 Å². The van der Waals surface area contributed by atoms with Crippen LogP contribution < -0.4 is 5.32 Å². The zero-order valence-electron chi connectivity index (χ0n) is 9.93. The first kappa shape index (κ1) is 13.5. The number of carbonyl (C=O) groups is 1. The van der Waals surface area contributed by atoms with Gasteiger partial charge in [-0.2, -0.15) is 0 Å². The molecule has 0 radical (unpaired) electrons. The molecule has 0 atom stereocenters. The predicted octanol–water partition coefficient (Wildman–Crippen LogP) is 2.02. The molecule has 0 heterocycles. The quantitative estimate of drug-likeness (QED) is 0.708. The number of benzene rings is 1. The number of hydrogen-bond acceptors (Lipinski definition) is 2. The normalized spacial score (nSPS) is 10.6. The molecule has 3 nitrogen and oxygen atoms in total. The first-order valence-electron chi connectivity index (χ1n) is 5.92. The third-order valence-corrected chi connectivity index (χ3v) is 2.35. The van der Waals surface area contributed by atoms with Gasteiger partial charge in [-0.25, -0.2) is 0 Å². The van der Waals surface area contributed by atoms with Crippen molar-refractivity contribution in [3.05, 3.63) is 48.2 Å². The maximum atomic E-state index is 11.5. The van der Waals surface area contributed by atoms with Gasteiger partial charge in [0.2, 0.25) is 5.91 Å². The van der Waals surface area contributed by atoms with Gasteiger partial charge in [0.25, 0.3) is 0 Å². The van der Waals surface area contributed by atoms with Crippen molar-refractivity contribution in [3.8, 4) is 0 Å². The Hall–Kier alpha value is -1.61. The van der Waals surface area contributed by atoms with E-state index in [0.29, 0.717) is 6.42 Å². The topological polar surface area (TPSA) is 49.3 Å². The lowest BCUT2D eigenvalue weighted by atomic mass is 10.1. The third kappa shape index (κ3) is 6.53. The van der Waals surface area contributed by atoms with E-state index in [-0.39, 0.29) is 12.5 Å². The molecule has 3 heteroatoms. The van der Waals surface area contributed by atoms with Crippen molar-refractivity contribution in [1.29, 1.82) is 0 Å². The average Bonchev–Trinajstić information content (AvgIpc) is 2.35. The minimum Gasteiger partial charge on any atom is -0.396 e. The van der Waals surface area contributed by atoms with E-state index in [9.17, 15) is 4.79 Å². The highest BCUT2D eigenvalue weighted by atomic mass is 16.2. The van der Waals surface area contributed by atoms with E-state index >= 15 is 0 Å². The second-order valence-corrected chi connectivity index (χ2v) is 3.85. The Kier molecular flexibility index (Phi) is 6.75. The molecule has 0 spiro atoms. The summed E-state index contributed by atoms with van der Waals surface area (Å²) in [5, 5.41) is 11.3. The highest BCUT2D eigenvalue weighted by Gasteiger charge is 1.99. The molecular weight excluding hydrogens is 214 g/mol. The number of nitrogens with one attached hydrogen (secondary N) is 1. The summed E-state index contributed by atoms with van der Waals surface area (Å²) in [7, 11) is 0. The maximum Gasteiger partial charge on any atom is 0.228 e. The summed E-state index contributed by atoms with van der Waals surface area (Å²) in [6.45, 7) is 0.230. The summed E-state index contributed by atoms with van der Waals surface area (Å²) >= 11 is 0. The summed E-state index contributed by atoms with van der Waals surface area (Å²) in [5.41, 5.74) is 1.01. The van der Waals surface area contributed by atoms with Gasteiger partial charge in [-0.15, -0.1) is 0 Å². The maximum absolute atomic E-state index is 11.5. The molecule has 0 aromatic heterocycles. The number of allylic oxidation sites excluding steroid dienone is 1. The van der Waals surface area contributed by atoms with Gasteiger partial charge in [-0.1, -0.05) is 36.4 Å². The fourth-order valence-corrected chi connectivity index (χ4v) is 1.44. The van der Waals surface area contributed by atoms with Crippen LogP contribution in [0.5, 0.6) is 0 Å². The molecule has 1 amide bonds. The van der Waals surface area contributed by atoms with Crippen molar-refractivity contribution >= 4 is 5.91 Å². The van der Waals surface area contributed by atoms with E-state index in [0.717, 1.165) is 24.8 Å². The van der Waals surface area contributed by atoms with E-state index in [2.05, 4.69) is 5.32 Å². The highest BCUT2D eigenvalue weighted by Crippen LogP contribution is 1.99. The average molecular weight is 233 g/mol. The largest absolute Gasteiger partial charge is 0.396 e. The molecule has 0 aliphatic heterocycles. The van der Waals surface area contributed by atoms with E-state index in [4.69, 9.17) is 5.11 Å². The summed E-state index contributed by atoms with van der Waals surface area (Å²) in [6.07, 6.45) is 6.64. The van der Waals surface area contributed by atoms with E-state index in [1.807, 2.05) is 36.4 Å². The SMILES string of the molecule is O=C(Cc1ccccc1)N/C=C/CCCCO. The molecule has 0 saturated heterocycles. The molecule has 17 heavy (non-hydrogen) atoms. The van der Waals surface area contributed by atoms with Crippen molar-refractivity contribution in [2.45, 2.75) is 25.7 Å². The molecule has 0 aliphatic rings. The summed E-state index contributed by atoms with van der Waals surface area (Å²) < 4.78 is 0. The summed E-state index contributed by atoms with van der Waals surface area (Å²) in [4.78, 5) is 11.5. The van der Waals surface area contributed by atoms with Crippen molar-refractivity contribution in [3.63, 3.8) is 0 Å². The fraction of sp³-hybridized carbons (Fsp3) is 0.357. The number of hydrogen-bond donors (Lipinski definition) is 2. The smallest absolute Gasteiger partial charge is 0.228 e.